The van der Waals surface area contributed by atoms with E-state index in [0.29, 0.717) is 0 Å². The Morgan fingerprint density at radius 1 is 0.964 bits per heavy atom. The van der Waals surface area contributed by atoms with Crippen molar-refractivity contribution in [2.45, 2.75) is 57.8 Å². The molecule has 3 amide bonds. The summed E-state index contributed by atoms with van der Waals surface area (Å²) in [6.07, 6.45) is -1.88. The van der Waals surface area contributed by atoms with Crippen LogP contribution in [0, 0.1) is 5.92 Å². The standard InChI is InChI=1S/C16H28N4O8/c1-7(2)13(15(26)19-9(16(27)28)4-5-11(23)24)20-10(22)6-18-14(25)12(17)8(3)21/h7-9,12-13,21H,4-6,17H2,1-3H3,(H,18,25)(H,19,26)(H,20,22)(H,23,24)(H,27,28). The van der Waals surface area contributed by atoms with Gasteiger partial charge in [-0.3, -0.25) is 19.2 Å². The Balaban J connectivity index is 4.85. The van der Waals surface area contributed by atoms with Gasteiger partial charge >= 0.3 is 11.9 Å². The van der Waals surface area contributed by atoms with Crippen molar-refractivity contribution in [3.05, 3.63) is 0 Å². The number of rotatable bonds is 12. The molecule has 0 bridgehead atoms. The number of nitrogens with one attached hydrogen (secondary N) is 3. The fourth-order valence-corrected chi connectivity index (χ4v) is 2.05. The van der Waals surface area contributed by atoms with Gasteiger partial charge in [0.2, 0.25) is 17.7 Å². The number of hydrogen-bond acceptors (Lipinski definition) is 7. The third kappa shape index (κ3) is 9.28. The molecule has 12 heteroatoms. The minimum absolute atomic E-state index is 0.317. The summed E-state index contributed by atoms with van der Waals surface area (Å²) in [5.41, 5.74) is 5.42. The summed E-state index contributed by atoms with van der Waals surface area (Å²) >= 11 is 0. The van der Waals surface area contributed by atoms with Crippen molar-refractivity contribution < 1.29 is 39.3 Å². The third-order valence-electron chi connectivity index (χ3n) is 3.77. The van der Waals surface area contributed by atoms with E-state index in [0.717, 1.165) is 0 Å². The monoisotopic (exact) mass is 404 g/mol. The lowest BCUT2D eigenvalue weighted by Gasteiger charge is -2.24. The van der Waals surface area contributed by atoms with Crippen LogP contribution in [0.1, 0.15) is 33.6 Å². The van der Waals surface area contributed by atoms with Crippen LogP contribution in [-0.4, -0.2) is 75.8 Å². The van der Waals surface area contributed by atoms with Gasteiger partial charge in [-0.15, -0.1) is 0 Å². The van der Waals surface area contributed by atoms with Gasteiger partial charge in [0.25, 0.3) is 0 Å². The highest BCUT2D eigenvalue weighted by molar-refractivity contribution is 5.92. The number of carboxylic acid groups (broad SMARTS) is 2. The second kappa shape index (κ2) is 11.9. The molecule has 8 N–H and O–H groups in total. The maximum Gasteiger partial charge on any atom is 0.326 e. The SMILES string of the molecule is CC(C)C(NC(=O)CNC(=O)C(N)C(C)O)C(=O)NC(CCC(=O)O)C(=O)O. The highest BCUT2D eigenvalue weighted by Gasteiger charge is 2.29. The van der Waals surface area contributed by atoms with Crippen LogP contribution >= 0.6 is 0 Å². The van der Waals surface area contributed by atoms with Gasteiger partial charge in [0.1, 0.15) is 18.1 Å². The summed E-state index contributed by atoms with van der Waals surface area (Å²) in [4.78, 5) is 57.7. The van der Waals surface area contributed by atoms with E-state index in [-0.39, 0.29) is 6.42 Å². The first kappa shape index (κ1) is 25.3. The third-order valence-corrected chi connectivity index (χ3v) is 3.77. The van der Waals surface area contributed by atoms with Crippen molar-refractivity contribution in [2.75, 3.05) is 6.54 Å². The van der Waals surface area contributed by atoms with Gasteiger partial charge < -0.3 is 37.0 Å². The van der Waals surface area contributed by atoms with E-state index in [4.69, 9.17) is 15.9 Å². The number of aliphatic hydroxyl groups excluding tert-OH is 1. The first-order valence-corrected chi connectivity index (χ1v) is 8.62. The van der Waals surface area contributed by atoms with Crippen LogP contribution in [0.25, 0.3) is 0 Å². The summed E-state index contributed by atoms with van der Waals surface area (Å²) in [6.45, 7) is 4.03. The fourth-order valence-electron chi connectivity index (χ4n) is 2.05. The van der Waals surface area contributed by atoms with Crippen LogP contribution in [0.4, 0.5) is 0 Å². The number of nitrogens with two attached hydrogens (primary N) is 1. The topological polar surface area (TPSA) is 208 Å². The van der Waals surface area contributed by atoms with E-state index in [9.17, 15) is 29.1 Å². The average Bonchev–Trinajstić information content (AvgIpc) is 2.59. The molecule has 160 valence electrons. The van der Waals surface area contributed by atoms with Gasteiger partial charge in [-0.25, -0.2) is 4.79 Å². The number of amides is 3. The molecule has 0 aromatic heterocycles. The maximum atomic E-state index is 12.3. The highest BCUT2D eigenvalue weighted by atomic mass is 16.4. The van der Waals surface area contributed by atoms with Crippen molar-refractivity contribution in [1.82, 2.24) is 16.0 Å². The Morgan fingerprint density at radius 3 is 1.96 bits per heavy atom. The normalized spacial score (nSPS) is 15.1. The molecule has 4 atom stereocenters. The minimum atomic E-state index is -1.43. The quantitative estimate of drug-likeness (QED) is 0.181. The van der Waals surface area contributed by atoms with Crippen LogP contribution in [0.15, 0.2) is 0 Å². The summed E-state index contributed by atoms with van der Waals surface area (Å²) in [5, 5.41) is 33.8. The van der Waals surface area contributed by atoms with Crippen LogP contribution in [0.2, 0.25) is 0 Å². The van der Waals surface area contributed by atoms with E-state index in [2.05, 4.69) is 16.0 Å². The van der Waals surface area contributed by atoms with Crippen molar-refractivity contribution in [2.24, 2.45) is 11.7 Å². The Morgan fingerprint density at radius 2 is 1.54 bits per heavy atom. The predicted octanol–water partition coefficient (Wildman–Crippen LogP) is -2.61. The van der Waals surface area contributed by atoms with Crippen molar-refractivity contribution >= 4 is 29.7 Å². The molecule has 0 heterocycles. The number of hydrogen-bond donors (Lipinski definition) is 7. The molecule has 0 rings (SSSR count). The molecule has 0 radical (unpaired) electrons. The molecule has 0 aliphatic rings. The predicted molar refractivity (Wildman–Crippen MR) is 95.9 cm³/mol. The summed E-state index contributed by atoms with van der Waals surface area (Å²) in [5.74, 6) is -5.31. The fraction of sp³-hybridized carbons (Fsp3) is 0.688. The molecule has 4 unspecified atom stereocenters. The molecular formula is C16H28N4O8. The number of aliphatic carboxylic acids is 2. The second-order valence-electron chi connectivity index (χ2n) is 6.61. The Kier molecular flexibility index (Phi) is 10.7. The van der Waals surface area contributed by atoms with Gasteiger partial charge in [-0.2, -0.15) is 0 Å². The van der Waals surface area contributed by atoms with Crippen LogP contribution in [0.5, 0.6) is 0 Å². The van der Waals surface area contributed by atoms with Crippen molar-refractivity contribution in [1.29, 1.82) is 0 Å². The lowest BCUT2D eigenvalue weighted by Crippen LogP contribution is -2.56. The van der Waals surface area contributed by atoms with E-state index in [1.54, 1.807) is 13.8 Å². The van der Waals surface area contributed by atoms with Gasteiger partial charge in [0, 0.05) is 6.42 Å². The van der Waals surface area contributed by atoms with Gasteiger partial charge in [0.15, 0.2) is 0 Å². The Bertz CT molecular complexity index is 593. The van der Waals surface area contributed by atoms with Crippen molar-refractivity contribution in [3.8, 4) is 0 Å². The van der Waals surface area contributed by atoms with Crippen molar-refractivity contribution in [3.63, 3.8) is 0 Å². The average molecular weight is 404 g/mol. The number of carbonyl (C=O) groups excluding carboxylic acids is 3. The van der Waals surface area contributed by atoms with E-state index < -0.39 is 72.8 Å². The highest BCUT2D eigenvalue weighted by Crippen LogP contribution is 2.05. The summed E-state index contributed by atoms with van der Waals surface area (Å²) < 4.78 is 0. The lowest BCUT2D eigenvalue weighted by atomic mass is 10.0. The summed E-state index contributed by atoms with van der Waals surface area (Å²) in [6, 6.07) is -3.76. The zero-order valence-electron chi connectivity index (χ0n) is 16.0. The lowest BCUT2D eigenvalue weighted by molar-refractivity contribution is -0.143. The maximum absolute atomic E-state index is 12.3. The smallest absolute Gasteiger partial charge is 0.326 e. The van der Waals surface area contributed by atoms with Crippen LogP contribution < -0.4 is 21.7 Å². The number of carboxylic acids is 2. The molecule has 0 saturated carbocycles. The first-order valence-electron chi connectivity index (χ1n) is 8.62. The molecule has 0 saturated heterocycles. The second-order valence-corrected chi connectivity index (χ2v) is 6.61. The zero-order chi connectivity index (χ0) is 22.0. The molecule has 0 aliphatic heterocycles. The molecular weight excluding hydrogens is 376 g/mol. The van der Waals surface area contributed by atoms with E-state index in [1.807, 2.05) is 0 Å². The molecule has 0 aromatic carbocycles. The first-order chi connectivity index (χ1) is 12.9. The minimum Gasteiger partial charge on any atom is -0.481 e. The van der Waals surface area contributed by atoms with Gasteiger partial charge in [0.05, 0.1) is 12.6 Å². The van der Waals surface area contributed by atoms with E-state index >= 15 is 0 Å². The van der Waals surface area contributed by atoms with Crippen LogP contribution in [0.3, 0.4) is 0 Å². The number of carbonyl (C=O) groups is 5. The Labute approximate surface area is 161 Å². The Hall–Kier alpha value is -2.73. The van der Waals surface area contributed by atoms with E-state index in [1.165, 1.54) is 6.92 Å². The molecule has 0 aromatic rings. The molecule has 12 nitrogen and oxygen atoms in total. The zero-order valence-corrected chi connectivity index (χ0v) is 16.0. The molecule has 0 aliphatic carbocycles. The van der Waals surface area contributed by atoms with Gasteiger partial charge in [-0.05, 0) is 19.3 Å². The van der Waals surface area contributed by atoms with Gasteiger partial charge in [-0.1, -0.05) is 13.8 Å². The molecule has 28 heavy (non-hydrogen) atoms. The largest absolute Gasteiger partial charge is 0.481 e. The molecule has 0 fully saturated rings. The number of aliphatic hydroxyl groups is 1. The summed E-state index contributed by atoms with van der Waals surface area (Å²) in [7, 11) is 0. The van der Waals surface area contributed by atoms with Crippen LogP contribution in [-0.2, 0) is 24.0 Å². The molecule has 0 spiro atoms.